The van der Waals surface area contributed by atoms with Crippen molar-refractivity contribution in [3.63, 3.8) is 0 Å². The summed E-state index contributed by atoms with van der Waals surface area (Å²) in [6.07, 6.45) is 0. The minimum absolute atomic E-state index is 0.421. The predicted molar refractivity (Wildman–Crippen MR) is 101 cm³/mol. The van der Waals surface area contributed by atoms with Crippen LogP contribution in [0.25, 0.3) is 22.8 Å². The zero-order valence-corrected chi connectivity index (χ0v) is 15.7. The van der Waals surface area contributed by atoms with Gasteiger partial charge in [-0.25, -0.2) is 0 Å². The van der Waals surface area contributed by atoms with Gasteiger partial charge in [-0.2, -0.15) is 4.98 Å². The van der Waals surface area contributed by atoms with E-state index in [-0.39, 0.29) is 0 Å². The fraction of sp³-hybridized carbons (Fsp3) is 0.111. The van der Waals surface area contributed by atoms with Crippen LogP contribution < -0.4 is 4.74 Å². The van der Waals surface area contributed by atoms with Crippen LogP contribution in [0.4, 0.5) is 0 Å². The van der Waals surface area contributed by atoms with Gasteiger partial charge in [0.25, 0.3) is 5.22 Å². The Morgan fingerprint density at radius 2 is 1.74 bits per heavy atom. The lowest BCUT2D eigenvalue weighted by molar-refractivity contribution is 0.391. The molecule has 7 nitrogen and oxygen atoms in total. The van der Waals surface area contributed by atoms with E-state index in [0.717, 1.165) is 16.9 Å². The minimum Gasteiger partial charge on any atom is -0.497 e. The summed E-state index contributed by atoms with van der Waals surface area (Å²) < 4.78 is 16.1. The summed E-state index contributed by atoms with van der Waals surface area (Å²) >= 11 is 7.21. The van der Waals surface area contributed by atoms with Crippen molar-refractivity contribution in [3.8, 4) is 28.6 Å². The van der Waals surface area contributed by atoms with Crippen molar-refractivity contribution in [2.24, 2.45) is 0 Å². The van der Waals surface area contributed by atoms with E-state index in [9.17, 15) is 0 Å². The minimum atomic E-state index is 0.421. The number of ether oxygens (including phenoxy) is 1. The largest absolute Gasteiger partial charge is 0.497 e. The van der Waals surface area contributed by atoms with Gasteiger partial charge in [-0.15, -0.1) is 10.2 Å². The molecule has 4 rings (SSSR count). The Morgan fingerprint density at radius 3 is 2.48 bits per heavy atom. The van der Waals surface area contributed by atoms with Gasteiger partial charge >= 0.3 is 0 Å². The van der Waals surface area contributed by atoms with E-state index < -0.39 is 0 Å². The van der Waals surface area contributed by atoms with Crippen molar-refractivity contribution in [2.75, 3.05) is 7.11 Å². The maximum Gasteiger partial charge on any atom is 0.277 e. The summed E-state index contributed by atoms with van der Waals surface area (Å²) in [5, 5.41) is 13.1. The van der Waals surface area contributed by atoms with E-state index in [4.69, 9.17) is 25.3 Å². The zero-order valence-electron chi connectivity index (χ0n) is 14.1. The number of halogens is 1. The molecule has 2 aromatic carbocycles. The first-order valence-electron chi connectivity index (χ1n) is 7.90. The molecule has 0 N–H and O–H groups in total. The lowest BCUT2D eigenvalue weighted by Crippen LogP contribution is -1.83. The Kier molecular flexibility index (Phi) is 5.08. The van der Waals surface area contributed by atoms with Crippen molar-refractivity contribution in [1.29, 1.82) is 0 Å². The van der Waals surface area contributed by atoms with E-state index in [2.05, 4.69) is 20.3 Å². The normalized spacial score (nSPS) is 10.9. The van der Waals surface area contributed by atoms with Crippen molar-refractivity contribution >= 4 is 23.4 Å². The number of methoxy groups -OCH3 is 1. The average molecular weight is 401 g/mol. The van der Waals surface area contributed by atoms with Crippen LogP contribution in [-0.2, 0) is 5.75 Å². The molecule has 9 heteroatoms. The van der Waals surface area contributed by atoms with Crippen molar-refractivity contribution < 1.29 is 13.7 Å². The van der Waals surface area contributed by atoms with Crippen LogP contribution in [0.3, 0.4) is 0 Å². The smallest absolute Gasteiger partial charge is 0.277 e. The van der Waals surface area contributed by atoms with Gasteiger partial charge in [0.1, 0.15) is 5.75 Å². The molecule has 2 aromatic heterocycles. The Labute approximate surface area is 163 Å². The number of thioether (sulfide) groups is 1. The molecule has 0 aliphatic carbocycles. The molecular formula is C18H13ClN4O3S. The van der Waals surface area contributed by atoms with Gasteiger partial charge in [-0.1, -0.05) is 28.5 Å². The molecule has 0 atom stereocenters. The van der Waals surface area contributed by atoms with Crippen LogP contribution in [0.5, 0.6) is 5.75 Å². The Hall–Kier alpha value is -2.84. The first kappa shape index (κ1) is 17.6. The van der Waals surface area contributed by atoms with Gasteiger partial charge in [0.2, 0.25) is 17.6 Å². The first-order valence-corrected chi connectivity index (χ1v) is 9.27. The molecular weight excluding hydrogens is 388 g/mol. The highest BCUT2D eigenvalue weighted by Gasteiger charge is 2.13. The molecule has 0 aliphatic heterocycles. The molecule has 0 aliphatic rings. The van der Waals surface area contributed by atoms with E-state index in [0.29, 0.717) is 33.6 Å². The second-order valence-electron chi connectivity index (χ2n) is 5.41. The molecule has 0 saturated carbocycles. The second kappa shape index (κ2) is 7.81. The fourth-order valence-corrected chi connectivity index (χ4v) is 3.00. The van der Waals surface area contributed by atoms with Crippen molar-refractivity contribution in [2.45, 2.75) is 11.0 Å². The Bertz CT molecular complexity index is 1030. The molecule has 0 bridgehead atoms. The Morgan fingerprint density at radius 1 is 1.00 bits per heavy atom. The highest BCUT2D eigenvalue weighted by molar-refractivity contribution is 7.98. The highest BCUT2D eigenvalue weighted by Crippen LogP contribution is 2.27. The standard InChI is InChI=1S/C18H13ClN4O3S/c1-24-14-8-4-12(5-9-14)17-21-22-18(25-17)27-10-15-20-16(23-26-15)11-2-6-13(19)7-3-11/h2-9H,10H2,1H3. The molecule has 0 radical (unpaired) electrons. The van der Waals surface area contributed by atoms with E-state index in [1.807, 2.05) is 36.4 Å². The summed E-state index contributed by atoms with van der Waals surface area (Å²) in [5.41, 5.74) is 1.65. The summed E-state index contributed by atoms with van der Waals surface area (Å²) in [7, 11) is 1.62. The SMILES string of the molecule is COc1ccc(-c2nnc(SCc3nc(-c4ccc(Cl)cc4)no3)o2)cc1. The number of hydrogen-bond donors (Lipinski definition) is 0. The average Bonchev–Trinajstić information content (AvgIpc) is 3.37. The van der Waals surface area contributed by atoms with E-state index in [1.165, 1.54) is 11.8 Å². The van der Waals surface area contributed by atoms with Crippen LogP contribution in [-0.4, -0.2) is 27.4 Å². The molecule has 0 saturated heterocycles. The van der Waals surface area contributed by atoms with Crippen LogP contribution >= 0.6 is 23.4 Å². The molecule has 2 heterocycles. The third-order valence-corrected chi connectivity index (χ3v) is 4.69. The van der Waals surface area contributed by atoms with E-state index in [1.54, 1.807) is 19.2 Å². The van der Waals surface area contributed by atoms with Gasteiger partial charge in [0.15, 0.2) is 0 Å². The quantitative estimate of drug-likeness (QED) is 0.429. The third-order valence-electron chi connectivity index (χ3n) is 3.63. The van der Waals surface area contributed by atoms with Gasteiger partial charge in [-0.05, 0) is 48.5 Å². The predicted octanol–water partition coefficient (Wildman–Crippen LogP) is 4.74. The van der Waals surface area contributed by atoms with Gasteiger partial charge in [-0.3, -0.25) is 0 Å². The summed E-state index contributed by atoms with van der Waals surface area (Å²) in [4.78, 5) is 4.36. The molecule has 4 aromatic rings. The molecule has 0 fully saturated rings. The molecule has 0 spiro atoms. The maximum atomic E-state index is 5.89. The van der Waals surface area contributed by atoms with Crippen molar-refractivity contribution in [3.05, 3.63) is 59.4 Å². The maximum absolute atomic E-state index is 5.89. The number of nitrogens with zero attached hydrogens (tertiary/aromatic N) is 4. The van der Waals surface area contributed by atoms with Crippen LogP contribution in [0.15, 0.2) is 62.7 Å². The number of benzene rings is 2. The Balaban J connectivity index is 1.40. The topological polar surface area (TPSA) is 87.1 Å². The fourth-order valence-electron chi connectivity index (χ4n) is 2.27. The lowest BCUT2D eigenvalue weighted by Gasteiger charge is -1.99. The van der Waals surface area contributed by atoms with Gasteiger partial charge < -0.3 is 13.7 Å². The summed E-state index contributed by atoms with van der Waals surface area (Å²) in [6.45, 7) is 0. The third kappa shape index (κ3) is 4.12. The lowest BCUT2D eigenvalue weighted by atomic mass is 10.2. The van der Waals surface area contributed by atoms with Crippen LogP contribution in [0.2, 0.25) is 5.02 Å². The molecule has 0 amide bonds. The summed E-state index contributed by atoms with van der Waals surface area (Å²) in [6, 6.07) is 14.6. The highest BCUT2D eigenvalue weighted by atomic mass is 35.5. The molecule has 27 heavy (non-hydrogen) atoms. The van der Waals surface area contributed by atoms with Crippen molar-refractivity contribution in [1.82, 2.24) is 20.3 Å². The number of rotatable bonds is 6. The van der Waals surface area contributed by atoms with Crippen LogP contribution in [0, 0.1) is 0 Å². The monoisotopic (exact) mass is 400 g/mol. The molecule has 136 valence electrons. The first-order chi connectivity index (χ1) is 13.2. The molecule has 0 unspecified atom stereocenters. The van der Waals surface area contributed by atoms with E-state index >= 15 is 0 Å². The number of aromatic nitrogens is 4. The second-order valence-corrected chi connectivity index (χ2v) is 6.77. The summed E-state index contributed by atoms with van der Waals surface area (Å²) in [5.74, 6) is 2.60. The zero-order chi connectivity index (χ0) is 18.6. The van der Waals surface area contributed by atoms with Crippen LogP contribution in [0.1, 0.15) is 5.89 Å². The number of hydrogen-bond acceptors (Lipinski definition) is 8. The van der Waals surface area contributed by atoms with Gasteiger partial charge in [0, 0.05) is 16.1 Å². The van der Waals surface area contributed by atoms with Gasteiger partial charge in [0.05, 0.1) is 12.9 Å².